The molecule has 0 atom stereocenters. The number of pyridine rings is 3. The molecule has 0 fully saturated rings. The van der Waals surface area contributed by atoms with Crippen molar-refractivity contribution < 1.29 is 0 Å². The van der Waals surface area contributed by atoms with Crippen LogP contribution < -0.4 is 0 Å². The molecule has 3 heteroatoms. The number of nitrogens with zero attached hydrogens (tertiary/aromatic N) is 3. The summed E-state index contributed by atoms with van der Waals surface area (Å²) in [5, 5.41) is 0. The van der Waals surface area contributed by atoms with Gasteiger partial charge in [0, 0.05) is 17.8 Å². The molecule has 11 rings (SSSR count). The van der Waals surface area contributed by atoms with Crippen molar-refractivity contribution in [1.29, 1.82) is 0 Å². The Hall–Kier alpha value is -7.23. The zero-order valence-corrected chi connectivity index (χ0v) is 32.4. The summed E-state index contributed by atoms with van der Waals surface area (Å²) in [4.78, 5) is 14.3. The molecule has 0 saturated heterocycles. The Kier molecular flexibility index (Phi) is 7.74. The first-order chi connectivity index (χ1) is 28.5. The first-order valence-electron chi connectivity index (χ1n) is 20.0. The molecule has 3 heterocycles. The van der Waals surface area contributed by atoms with Gasteiger partial charge in [0.2, 0.25) is 0 Å². The molecular formula is C55H39N3. The molecule has 58 heavy (non-hydrogen) atoms. The fraction of sp³-hybridized carbons (Fsp3) is 0.0727. The first-order valence-corrected chi connectivity index (χ1v) is 20.0. The van der Waals surface area contributed by atoms with E-state index in [4.69, 9.17) is 4.98 Å². The van der Waals surface area contributed by atoms with Crippen LogP contribution in [0.3, 0.4) is 0 Å². The Morgan fingerprint density at radius 2 is 0.759 bits per heavy atom. The van der Waals surface area contributed by atoms with Crippen LogP contribution in [0.2, 0.25) is 0 Å². The van der Waals surface area contributed by atoms with Crippen LogP contribution in [0.25, 0.3) is 67.3 Å². The van der Waals surface area contributed by atoms with Crippen molar-refractivity contribution in [3.63, 3.8) is 0 Å². The summed E-state index contributed by atoms with van der Waals surface area (Å²) in [6, 6.07) is 68.4. The SMILES string of the molecule is CC1(C)c2cc(-c3cc(-c4ccccn4)nc(-c4ccccn4)c3)ccc2-c2ccc(-c3ccc4c(c3)C(c3ccccc3)(c3ccccc3)c3ccccc3-4)cc21. The molecule has 0 N–H and O–H groups in total. The monoisotopic (exact) mass is 741 g/mol. The summed E-state index contributed by atoms with van der Waals surface area (Å²) in [5.41, 5.74) is 20.4. The largest absolute Gasteiger partial charge is 0.255 e. The van der Waals surface area contributed by atoms with E-state index in [1.807, 2.05) is 48.8 Å². The summed E-state index contributed by atoms with van der Waals surface area (Å²) in [6.45, 7) is 4.73. The molecule has 6 aromatic carbocycles. The van der Waals surface area contributed by atoms with Gasteiger partial charge in [-0.15, -0.1) is 0 Å². The van der Waals surface area contributed by atoms with Gasteiger partial charge in [0.15, 0.2) is 0 Å². The number of aromatic nitrogens is 3. The first kappa shape index (κ1) is 34.1. The minimum absolute atomic E-state index is 0.220. The van der Waals surface area contributed by atoms with Crippen molar-refractivity contribution >= 4 is 0 Å². The van der Waals surface area contributed by atoms with Crippen LogP contribution in [-0.4, -0.2) is 15.0 Å². The summed E-state index contributed by atoms with van der Waals surface area (Å²) in [5.74, 6) is 0. The summed E-state index contributed by atoms with van der Waals surface area (Å²) < 4.78 is 0. The van der Waals surface area contributed by atoms with Gasteiger partial charge in [0.1, 0.15) is 0 Å². The van der Waals surface area contributed by atoms with E-state index in [0.29, 0.717) is 0 Å². The summed E-state index contributed by atoms with van der Waals surface area (Å²) in [7, 11) is 0. The maximum atomic E-state index is 5.02. The van der Waals surface area contributed by atoms with Gasteiger partial charge in [-0.1, -0.05) is 147 Å². The number of fused-ring (bicyclic) bond motifs is 6. The van der Waals surface area contributed by atoms with Crippen molar-refractivity contribution in [2.75, 3.05) is 0 Å². The van der Waals surface area contributed by atoms with Gasteiger partial charge in [-0.05, 0) is 132 Å². The Morgan fingerprint density at radius 1 is 0.328 bits per heavy atom. The fourth-order valence-electron chi connectivity index (χ4n) is 9.71. The molecule has 0 unspecified atom stereocenters. The second kappa shape index (κ2) is 13.2. The van der Waals surface area contributed by atoms with Crippen LogP contribution in [0.1, 0.15) is 47.2 Å². The topological polar surface area (TPSA) is 38.7 Å². The quantitative estimate of drug-likeness (QED) is 0.170. The van der Waals surface area contributed by atoms with Crippen molar-refractivity contribution in [3.8, 4) is 67.3 Å². The Labute approximate surface area is 339 Å². The number of hydrogen-bond donors (Lipinski definition) is 0. The number of benzene rings is 6. The lowest BCUT2D eigenvalue weighted by Crippen LogP contribution is -2.28. The molecule has 0 radical (unpaired) electrons. The summed E-state index contributed by atoms with van der Waals surface area (Å²) in [6.07, 6.45) is 3.64. The Morgan fingerprint density at radius 3 is 1.28 bits per heavy atom. The van der Waals surface area contributed by atoms with Gasteiger partial charge in [-0.25, -0.2) is 4.98 Å². The standard InChI is InChI=1S/C55H39N3/c1-54(2)47-31-36(37-24-28-45-42-19-9-10-20-46(42)55(49(45)33-37,40-15-5-3-6-16-40)41-17-7-4-8-18-41)23-26-43(47)44-27-25-38(32-48(44)54)39-34-52(50-21-11-13-29-56-50)58-53(35-39)51-22-12-14-30-57-51/h3-35H,1-2H3. The molecule has 0 spiro atoms. The van der Waals surface area contributed by atoms with E-state index in [1.165, 1.54) is 66.8 Å². The van der Waals surface area contributed by atoms with Gasteiger partial charge < -0.3 is 0 Å². The van der Waals surface area contributed by atoms with Crippen molar-refractivity contribution in [2.24, 2.45) is 0 Å². The molecule has 0 aliphatic heterocycles. The highest BCUT2D eigenvalue weighted by Crippen LogP contribution is 2.57. The predicted octanol–water partition coefficient (Wildman–Crippen LogP) is 13.2. The van der Waals surface area contributed by atoms with Crippen LogP contribution in [0.5, 0.6) is 0 Å². The smallest absolute Gasteiger partial charge is 0.0900 e. The van der Waals surface area contributed by atoms with Crippen LogP contribution in [-0.2, 0) is 10.8 Å². The van der Waals surface area contributed by atoms with Gasteiger partial charge in [-0.2, -0.15) is 0 Å². The molecule has 2 aliphatic rings. The molecule has 9 aromatic rings. The average molecular weight is 742 g/mol. The van der Waals surface area contributed by atoms with E-state index in [9.17, 15) is 0 Å². The fourth-order valence-corrected chi connectivity index (χ4v) is 9.71. The van der Waals surface area contributed by atoms with E-state index in [2.05, 4.69) is 175 Å². The molecular weight excluding hydrogens is 703 g/mol. The molecule has 2 aliphatic carbocycles. The zero-order chi connectivity index (χ0) is 38.8. The molecule has 0 bridgehead atoms. The molecule has 3 aromatic heterocycles. The minimum atomic E-state index is -0.438. The second-order valence-corrected chi connectivity index (χ2v) is 16.0. The lowest BCUT2D eigenvalue weighted by molar-refractivity contribution is 0.661. The zero-order valence-electron chi connectivity index (χ0n) is 32.4. The van der Waals surface area contributed by atoms with Crippen molar-refractivity contribution in [3.05, 3.63) is 234 Å². The van der Waals surface area contributed by atoms with Gasteiger partial charge in [0.05, 0.1) is 28.2 Å². The Balaban J connectivity index is 1.02. The van der Waals surface area contributed by atoms with Crippen LogP contribution in [0.15, 0.2) is 200 Å². The maximum Gasteiger partial charge on any atom is 0.0900 e. The highest BCUT2D eigenvalue weighted by Gasteiger charge is 2.46. The van der Waals surface area contributed by atoms with Crippen molar-refractivity contribution in [2.45, 2.75) is 24.7 Å². The van der Waals surface area contributed by atoms with E-state index >= 15 is 0 Å². The predicted molar refractivity (Wildman–Crippen MR) is 236 cm³/mol. The highest BCUT2D eigenvalue weighted by molar-refractivity contribution is 5.90. The van der Waals surface area contributed by atoms with E-state index in [1.54, 1.807) is 0 Å². The third-order valence-corrected chi connectivity index (χ3v) is 12.5. The minimum Gasteiger partial charge on any atom is -0.255 e. The van der Waals surface area contributed by atoms with Gasteiger partial charge in [-0.3, -0.25) is 9.97 Å². The van der Waals surface area contributed by atoms with Gasteiger partial charge >= 0.3 is 0 Å². The summed E-state index contributed by atoms with van der Waals surface area (Å²) >= 11 is 0. The van der Waals surface area contributed by atoms with Crippen LogP contribution in [0.4, 0.5) is 0 Å². The molecule has 3 nitrogen and oxygen atoms in total. The van der Waals surface area contributed by atoms with Crippen LogP contribution in [0, 0.1) is 0 Å². The van der Waals surface area contributed by atoms with Gasteiger partial charge in [0.25, 0.3) is 0 Å². The second-order valence-electron chi connectivity index (χ2n) is 16.0. The third-order valence-electron chi connectivity index (χ3n) is 12.5. The average Bonchev–Trinajstić information content (AvgIpc) is 3.72. The third kappa shape index (κ3) is 5.17. The number of rotatable bonds is 6. The lowest BCUT2D eigenvalue weighted by atomic mass is 9.67. The Bertz CT molecular complexity index is 2910. The van der Waals surface area contributed by atoms with E-state index in [0.717, 1.165) is 33.9 Å². The lowest BCUT2D eigenvalue weighted by Gasteiger charge is -2.34. The van der Waals surface area contributed by atoms with Crippen molar-refractivity contribution in [1.82, 2.24) is 15.0 Å². The van der Waals surface area contributed by atoms with E-state index in [-0.39, 0.29) is 5.41 Å². The highest BCUT2D eigenvalue weighted by atomic mass is 14.8. The molecule has 0 amide bonds. The number of hydrogen-bond acceptors (Lipinski definition) is 3. The molecule has 0 saturated carbocycles. The molecule has 274 valence electrons. The maximum absolute atomic E-state index is 5.02. The normalized spacial score (nSPS) is 14.0. The van der Waals surface area contributed by atoms with Crippen LogP contribution >= 0.6 is 0 Å². The van der Waals surface area contributed by atoms with E-state index < -0.39 is 5.41 Å².